The number of benzene rings is 2. The minimum Gasteiger partial charge on any atom is -0.462 e. The Bertz CT molecular complexity index is 1010. The summed E-state index contributed by atoms with van der Waals surface area (Å²) in [6, 6.07) is 20.5. The maximum Gasteiger partial charge on any atom is 0.130 e. The molecule has 1 saturated carbocycles. The summed E-state index contributed by atoms with van der Waals surface area (Å²) in [6.07, 6.45) is 4.78. The Morgan fingerprint density at radius 2 is 1.56 bits per heavy atom. The molecule has 0 unspecified atom stereocenters. The monoisotopic (exact) mass is 375 g/mol. The second-order valence-electron chi connectivity index (χ2n) is 6.74. The van der Waals surface area contributed by atoms with Crippen molar-refractivity contribution in [3.8, 4) is 11.1 Å². The molecule has 1 aliphatic rings. The van der Waals surface area contributed by atoms with Gasteiger partial charge in [0.25, 0.3) is 0 Å². The van der Waals surface area contributed by atoms with Crippen LogP contribution in [0.5, 0.6) is 0 Å². The molecule has 1 aromatic heterocycles. The highest BCUT2D eigenvalue weighted by Gasteiger charge is 2.10. The van der Waals surface area contributed by atoms with Gasteiger partial charge in [0.05, 0.1) is 6.54 Å². The fraction of sp³-hybridized carbons (Fsp3) is 0.174. The van der Waals surface area contributed by atoms with Gasteiger partial charge in [0.15, 0.2) is 0 Å². The van der Waals surface area contributed by atoms with E-state index >= 15 is 0 Å². The topological polar surface area (TPSA) is 45.4 Å². The molecule has 0 atom stereocenters. The molecule has 3 aromatic rings. The van der Waals surface area contributed by atoms with Crippen LogP contribution in [-0.4, -0.2) is 5.11 Å². The van der Waals surface area contributed by atoms with E-state index in [1.807, 2.05) is 0 Å². The summed E-state index contributed by atoms with van der Waals surface area (Å²) in [7, 11) is 0. The fourth-order valence-electron chi connectivity index (χ4n) is 2.95. The van der Waals surface area contributed by atoms with Crippen LogP contribution in [0, 0.1) is 4.51 Å². The Morgan fingerprint density at radius 1 is 0.926 bits per heavy atom. The number of hydrogen-bond donors (Lipinski definition) is 2. The second kappa shape index (κ2) is 7.91. The van der Waals surface area contributed by atoms with Crippen molar-refractivity contribution in [2.75, 3.05) is 5.32 Å². The van der Waals surface area contributed by atoms with E-state index in [1.54, 1.807) is 12.1 Å². The summed E-state index contributed by atoms with van der Waals surface area (Å²) >= 11 is 5.19. The quantitative estimate of drug-likeness (QED) is 0.522. The van der Waals surface area contributed by atoms with Crippen molar-refractivity contribution in [1.82, 2.24) is 0 Å². The smallest absolute Gasteiger partial charge is 0.130 e. The zero-order valence-electron chi connectivity index (χ0n) is 14.9. The number of anilines is 1. The van der Waals surface area contributed by atoms with Gasteiger partial charge in [-0.3, -0.25) is 0 Å². The van der Waals surface area contributed by atoms with Crippen molar-refractivity contribution in [3.05, 3.63) is 87.8 Å². The molecule has 0 aliphatic heterocycles. The van der Waals surface area contributed by atoms with Crippen LogP contribution in [0.25, 0.3) is 17.2 Å². The highest BCUT2D eigenvalue weighted by Crippen LogP contribution is 2.30. The minimum atomic E-state index is -0.151. The summed E-state index contributed by atoms with van der Waals surface area (Å²) in [4.78, 5) is 0. The van der Waals surface area contributed by atoms with Gasteiger partial charge in [-0.05, 0) is 53.8 Å². The zero-order valence-corrected chi connectivity index (χ0v) is 15.8. The van der Waals surface area contributed by atoms with Gasteiger partial charge < -0.3 is 14.8 Å². The zero-order chi connectivity index (χ0) is 18.6. The third-order valence-corrected chi connectivity index (χ3v) is 4.77. The fourth-order valence-corrected chi connectivity index (χ4v) is 3.21. The van der Waals surface area contributed by atoms with Crippen LogP contribution in [0.2, 0.25) is 0 Å². The predicted octanol–water partition coefficient (Wildman–Crippen LogP) is 5.96. The number of aliphatic hydroxyl groups is 1. The van der Waals surface area contributed by atoms with Gasteiger partial charge in [0, 0.05) is 10.2 Å². The van der Waals surface area contributed by atoms with E-state index in [9.17, 15) is 5.11 Å². The van der Waals surface area contributed by atoms with Crippen LogP contribution >= 0.6 is 12.2 Å². The van der Waals surface area contributed by atoms with Gasteiger partial charge in [-0.2, -0.15) is 0 Å². The lowest BCUT2D eigenvalue weighted by atomic mass is 10.0. The minimum absolute atomic E-state index is 0.151. The first-order chi connectivity index (χ1) is 13.2. The first-order valence-corrected chi connectivity index (χ1v) is 9.48. The second-order valence-corrected chi connectivity index (χ2v) is 7.21. The maximum atomic E-state index is 9.21. The molecule has 4 heteroatoms. The Hall–Kier alpha value is -2.69. The van der Waals surface area contributed by atoms with E-state index in [4.69, 9.17) is 16.6 Å². The van der Waals surface area contributed by atoms with Crippen molar-refractivity contribution in [2.45, 2.75) is 26.0 Å². The molecule has 0 amide bonds. The Morgan fingerprint density at radius 3 is 2.19 bits per heavy atom. The molecule has 136 valence electrons. The Balaban J connectivity index is 1.42. The SMILES string of the molecule is OCc1cc(=S)cc(CNc2ccc(-c3ccc(C=C4CC4)cc3)cc2)o1. The lowest BCUT2D eigenvalue weighted by molar-refractivity contribution is 0.239. The summed E-state index contributed by atoms with van der Waals surface area (Å²) in [5.74, 6) is 1.19. The number of rotatable bonds is 6. The molecule has 0 spiro atoms. The van der Waals surface area contributed by atoms with Crippen molar-refractivity contribution >= 4 is 24.0 Å². The molecule has 0 radical (unpaired) electrons. The molecule has 2 N–H and O–H groups in total. The average Bonchev–Trinajstić information content (AvgIpc) is 3.51. The van der Waals surface area contributed by atoms with Crippen molar-refractivity contribution < 1.29 is 9.52 Å². The summed E-state index contributed by atoms with van der Waals surface area (Å²) in [5.41, 5.74) is 6.22. The highest BCUT2D eigenvalue weighted by molar-refractivity contribution is 7.71. The molecule has 4 rings (SSSR count). The Labute approximate surface area is 164 Å². The van der Waals surface area contributed by atoms with Crippen molar-refractivity contribution in [3.63, 3.8) is 0 Å². The van der Waals surface area contributed by atoms with E-state index in [0.717, 1.165) is 5.69 Å². The van der Waals surface area contributed by atoms with Crippen LogP contribution in [0.15, 0.2) is 70.7 Å². The van der Waals surface area contributed by atoms with E-state index in [-0.39, 0.29) is 6.61 Å². The van der Waals surface area contributed by atoms with E-state index in [1.165, 1.54) is 35.1 Å². The number of allylic oxidation sites excluding steroid dienone is 1. The molecule has 1 aliphatic carbocycles. The van der Waals surface area contributed by atoms with Crippen LogP contribution in [0.1, 0.15) is 29.9 Å². The molecular weight excluding hydrogens is 354 g/mol. The third-order valence-electron chi connectivity index (χ3n) is 4.53. The molecule has 1 heterocycles. The summed E-state index contributed by atoms with van der Waals surface area (Å²) < 4.78 is 6.25. The molecule has 0 saturated heterocycles. The van der Waals surface area contributed by atoms with E-state index < -0.39 is 0 Å². The first kappa shape index (κ1) is 17.7. The number of aliphatic hydroxyl groups excluding tert-OH is 1. The van der Waals surface area contributed by atoms with Crippen molar-refractivity contribution in [2.24, 2.45) is 0 Å². The summed E-state index contributed by atoms with van der Waals surface area (Å²) in [5, 5.41) is 12.5. The van der Waals surface area contributed by atoms with Gasteiger partial charge in [-0.15, -0.1) is 0 Å². The average molecular weight is 375 g/mol. The number of hydrogen-bond acceptors (Lipinski definition) is 4. The largest absolute Gasteiger partial charge is 0.462 e. The standard InChI is InChI=1S/C23H21NO2S/c25-15-22-13-23(27)12-21(26-22)14-24-20-9-7-19(8-10-20)18-5-3-17(4-6-18)11-16-1-2-16/h3-13,24-25H,1-2,14-15H2. The highest BCUT2D eigenvalue weighted by atomic mass is 32.1. The van der Waals surface area contributed by atoms with Gasteiger partial charge in [0.1, 0.15) is 18.1 Å². The van der Waals surface area contributed by atoms with Crippen LogP contribution in [0.4, 0.5) is 5.69 Å². The van der Waals surface area contributed by atoms with E-state index in [2.05, 4.69) is 59.9 Å². The lowest BCUT2D eigenvalue weighted by Gasteiger charge is -2.09. The van der Waals surface area contributed by atoms with Crippen LogP contribution < -0.4 is 5.32 Å². The van der Waals surface area contributed by atoms with Crippen molar-refractivity contribution in [1.29, 1.82) is 0 Å². The predicted molar refractivity (Wildman–Crippen MR) is 112 cm³/mol. The van der Waals surface area contributed by atoms with Gasteiger partial charge >= 0.3 is 0 Å². The van der Waals surface area contributed by atoms with Gasteiger partial charge in [0.2, 0.25) is 0 Å². The summed E-state index contributed by atoms with van der Waals surface area (Å²) in [6.45, 7) is 0.363. The van der Waals surface area contributed by atoms with E-state index in [0.29, 0.717) is 22.6 Å². The lowest BCUT2D eigenvalue weighted by Crippen LogP contribution is -2.00. The van der Waals surface area contributed by atoms with Gasteiger partial charge in [-0.25, -0.2) is 0 Å². The molecular formula is C23H21NO2S. The van der Waals surface area contributed by atoms with Gasteiger partial charge in [-0.1, -0.05) is 60.3 Å². The van der Waals surface area contributed by atoms with Crippen LogP contribution in [0.3, 0.4) is 0 Å². The molecule has 2 aromatic carbocycles. The molecule has 1 fully saturated rings. The first-order valence-electron chi connectivity index (χ1n) is 9.07. The molecule has 3 nitrogen and oxygen atoms in total. The number of nitrogens with one attached hydrogen (secondary N) is 1. The molecule has 27 heavy (non-hydrogen) atoms. The van der Waals surface area contributed by atoms with Crippen LogP contribution in [-0.2, 0) is 13.2 Å². The third kappa shape index (κ3) is 4.73. The molecule has 0 bridgehead atoms. The Kier molecular flexibility index (Phi) is 5.19. The maximum absolute atomic E-state index is 9.21. The normalized spacial score (nSPS) is 12.7.